The van der Waals surface area contributed by atoms with Gasteiger partial charge in [-0.15, -0.1) is 0 Å². The van der Waals surface area contributed by atoms with Crippen molar-refractivity contribution in [2.24, 2.45) is 0 Å². The van der Waals surface area contributed by atoms with E-state index in [-0.39, 0.29) is 18.3 Å². The van der Waals surface area contributed by atoms with E-state index in [9.17, 15) is 4.79 Å². The van der Waals surface area contributed by atoms with Gasteiger partial charge in [-0.2, -0.15) is 5.10 Å². The second-order valence-corrected chi connectivity index (χ2v) is 7.87. The molecular formula is C27H23N3O3. The predicted molar refractivity (Wildman–Crippen MR) is 127 cm³/mol. The van der Waals surface area contributed by atoms with E-state index < -0.39 is 0 Å². The molecule has 5 rings (SSSR count). The van der Waals surface area contributed by atoms with Crippen LogP contribution in [0, 0.1) is 6.92 Å². The molecule has 0 saturated heterocycles. The summed E-state index contributed by atoms with van der Waals surface area (Å²) in [4.78, 5) is 12.6. The number of fused-ring (bicyclic) bond motifs is 1. The molecule has 3 aromatic carbocycles. The fraction of sp³-hybridized carbons (Fsp3) is 0.111. The van der Waals surface area contributed by atoms with Crippen LogP contribution in [0.15, 0.2) is 95.7 Å². The van der Waals surface area contributed by atoms with Gasteiger partial charge in [-0.3, -0.25) is 9.48 Å². The first-order valence-electron chi connectivity index (χ1n) is 10.7. The smallest absolute Gasteiger partial charge is 0.291 e. The highest BCUT2D eigenvalue weighted by Gasteiger charge is 2.13. The lowest BCUT2D eigenvalue weighted by atomic mass is 10.1. The Kier molecular flexibility index (Phi) is 5.64. The summed E-state index contributed by atoms with van der Waals surface area (Å²) in [6.45, 7) is 2.94. The van der Waals surface area contributed by atoms with Crippen LogP contribution in [-0.2, 0) is 13.2 Å². The van der Waals surface area contributed by atoms with Crippen LogP contribution in [0.2, 0.25) is 0 Å². The molecule has 0 unspecified atom stereocenters. The summed E-state index contributed by atoms with van der Waals surface area (Å²) in [5.41, 5.74) is 2.99. The Bertz CT molecular complexity index is 1420. The number of nitrogens with zero attached hydrogens (tertiary/aromatic N) is 2. The van der Waals surface area contributed by atoms with E-state index in [0.717, 1.165) is 16.5 Å². The molecule has 164 valence electrons. The maximum Gasteiger partial charge on any atom is 0.291 e. The molecule has 1 amide bonds. The molecule has 1 N–H and O–H groups in total. The van der Waals surface area contributed by atoms with Gasteiger partial charge in [0.2, 0.25) is 0 Å². The molecule has 0 atom stereocenters. The SMILES string of the molecule is Cc1ccccc1Cn1cc(NC(=O)c2ccc(COc3ccc4ccccc4c3)o2)cn1. The number of nitrogens with one attached hydrogen (secondary N) is 1. The molecule has 0 saturated carbocycles. The molecule has 6 nitrogen and oxygen atoms in total. The fourth-order valence-electron chi connectivity index (χ4n) is 3.66. The number of ether oxygens (including phenoxy) is 1. The first kappa shape index (κ1) is 20.6. The average molecular weight is 437 g/mol. The molecule has 0 bridgehead atoms. The molecule has 2 aromatic heterocycles. The quantitative estimate of drug-likeness (QED) is 0.348. The van der Waals surface area contributed by atoms with Crippen molar-refractivity contribution in [1.29, 1.82) is 0 Å². The number of rotatable bonds is 7. The molecule has 0 aliphatic rings. The molecule has 0 radical (unpaired) electrons. The van der Waals surface area contributed by atoms with Crippen LogP contribution < -0.4 is 10.1 Å². The van der Waals surface area contributed by atoms with Crippen molar-refractivity contribution in [3.8, 4) is 5.75 Å². The number of anilines is 1. The van der Waals surface area contributed by atoms with E-state index in [1.165, 1.54) is 11.1 Å². The van der Waals surface area contributed by atoms with Crippen LogP contribution in [0.3, 0.4) is 0 Å². The minimum atomic E-state index is -0.331. The van der Waals surface area contributed by atoms with Crippen LogP contribution in [0.5, 0.6) is 5.75 Å². The zero-order valence-corrected chi connectivity index (χ0v) is 18.2. The Labute approximate surface area is 191 Å². The van der Waals surface area contributed by atoms with Gasteiger partial charge in [0.1, 0.15) is 18.1 Å². The van der Waals surface area contributed by atoms with Crippen molar-refractivity contribution >= 4 is 22.4 Å². The number of amides is 1. The minimum absolute atomic E-state index is 0.221. The predicted octanol–water partition coefficient (Wildman–Crippen LogP) is 5.82. The molecule has 33 heavy (non-hydrogen) atoms. The topological polar surface area (TPSA) is 69.3 Å². The van der Waals surface area contributed by atoms with Gasteiger partial charge in [-0.25, -0.2) is 0 Å². The molecule has 5 aromatic rings. The summed E-state index contributed by atoms with van der Waals surface area (Å²) in [6, 6.07) is 25.6. The Morgan fingerprint density at radius 2 is 1.82 bits per heavy atom. The van der Waals surface area contributed by atoms with E-state index >= 15 is 0 Å². The number of hydrogen-bond acceptors (Lipinski definition) is 4. The minimum Gasteiger partial charge on any atom is -0.486 e. The lowest BCUT2D eigenvalue weighted by Gasteiger charge is -2.06. The van der Waals surface area contributed by atoms with Gasteiger partial charge < -0.3 is 14.5 Å². The molecule has 0 fully saturated rings. The first-order chi connectivity index (χ1) is 16.1. The van der Waals surface area contributed by atoms with Crippen LogP contribution >= 0.6 is 0 Å². The lowest BCUT2D eigenvalue weighted by Crippen LogP contribution is -2.10. The van der Waals surface area contributed by atoms with E-state index in [1.54, 1.807) is 29.2 Å². The molecule has 0 spiro atoms. The molecule has 6 heteroatoms. The third-order valence-corrected chi connectivity index (χ3v) is 5.47. The number of carbonyl (C=O) groups excluding carboxylic acids is 1. The second kappa shape index (κ2) is 9.04. The zero-order valence-electron chi connectivity index (χ0n) is 18.2. The van der Waals surface area contributed by atoms with Gasteiger partial charge in [0, 0.05) is 6.20 Å². The van der Waals surface area contributed by atoms with E-state index in [4.69, 9.17) is 9.15 Å². The largest absolute Gasteiger partial charge is 0.486 e. The van der Waals surface area contributed by atoms with Crippen LogP contribution in [0.4, 0.5) is 5.69 Å². The number of aromatic nitrogens is 2. The fourth-order valence-corrected chi connectivity index (χ4v) is 3.66. The van der Waals surface area contributed by atoms with E-state index in [0.29, 0.717) is 18.0 Å². The van der Waals surface area contributed by atoms with Crippen LogP contribution in [0.1, 0.15) is 27.4 Å². The number of hydrogen-bond donors (Lipinski definition) is 1. The Morgan fingerprint density at radius 3 is 2.70 bits per heavy atom. The molecular weight excluding hydrogens is 414 g/mol. The van der Waals surface area contributed by atoms with Crippen molar-refractivity contribution in [3.63, 3.8) is 0 Å². The van der Waals surface area contributed by atoms with Crippen molar-refractivity contribution in [1.82, 2.24) is 9.78 Å². The molecule has 2 heterocycles. The third-order valence-electron chi connectivity index (χ3n) is 5.47. The Balaban J connectivity index is 1.19. The maximum atomic E-state index is 12.6. The highest BCUT2D eigenvalue weighted by atomic mass is 16.5. The van der Waals surface area contributed by atoms with Crippen molar-refractivity contribution in [3.05, 3.63) is 114 Å². The zero-order chi connectivity index (χ0) is 22.6. The number of benzene rings is 3. The van der Waals surface area contributed by atoms with E-state index in [2.05, 4.69) is 35.5 Å². The van der Waals surface area contributed by atoms with Gasteiger partial charge in [-0.1, -0.05) is 54.6 Å². The van der Waals surface area contributed by atoms with E-state index in [1.807, 2.05) is 48.5 Å². The van der Waals surface area contributed by atoms with Crippen LogP contribution in [0.25, 0.3) is 10.8 Å². The summed E-state index contributed by atoms with van der Waals surface area (Å²) >= 11 is 0. The third kappa shape index (κ3) is 4.80. The Hall–Kier alpha value is -4.32. The van der Waals surface area contributed by atoms with Gasteiger partial charge in [-0.05, 0) is 53.1 Å². The average Bonchev–Trinajstić information content (AvgIpc) is 3.49. The summed E-state index contributed by atoms with van der Waals surface area (Å²) in [6.07, 6.45) is 3.43. The highest BCUT2D eigenvalue weighted by molar-refractivity contribution is 6.02. The second-order valence-electron chi connectivity index (χ2n) is 7.87. The summed E-state index contributed by atoms with van der Waals surface area (Å²) in [7, 11) is 0. The lowest BCUT2D eigenvalue weighted by molar-refractivity contribution is 0.0992. The summed E-state index contributed by atoms with van der Waals surface area (Å²) in [5.74, 6) is 1.21. The van der Waals surface area contributed by atoms with Crippen LogP contribution in [-0.4, -0.2) is 15.7 Å². The van der Waals surface area contributed by atoms with Crippen molar-refractivity contribution in [2.75, 3.05) is 5.32 Å². The number of furan rings is 1. The van der Waals surface area contributed by atoms with Crippen molar-refractivity contribution < 1.29 is 13.9 Å². The normalized spacial score (nSPS) is 10.9. The maximum absolute atomic E-state index is 12.6. The monoisotopic (exact) mass is 437 g/mol. The number of carbonyl (C=O) groups is 1. The van der Waals surface area contributed by atoms with Crippen molar-refractivity contribution in [2.45, 2.75) is 20.1 Å². The van der Waals surface area contributed by atoms with Gasteiger partial charge in [0.05, 0.1) is 18.4 Å². The highest BCUT2D eigenvalue weighted by Crippen LogP contribution is 2.22. The Morgan fingerprint density at radius 1 is 1.00 bits per heavy atom. The molecule has 0 aliphatic heterocycles. The molecule has 0 aliphatic carbocycles. The number of aryl methyl sites for hydroxylation is 1. The summed E-state index contributed by atoms with van der Waals surface area (Å²) in [5, 5.41) is 9.44. The summed E-state index contributed by atoms with van der Waals surface area (Å²) < 4.78 is 13.3. The van der Waals surface area contributed by atoms with Gasteiger partial charge >= 0.3 is 0 Å². The first-order valence-corrected chi connectivity index (χ1v) is 10.7. The standard InChI is InChI=1S/C27H23N3O3/c1-19-6-2-3-9-22(19)16-30-17-23(15-28-30)29-27(31)26-13-12-25(33-26)18-32-24-11-10-20-7-4-5-8-21(20)14-24/h2-15,17H,16,18H2,1H3,(H,29,31). The van der Waals surface area contributed by atoms with Gasteiger partial charge in [0.15, 0.2) is 5.76 Å². The van der Waals surface area contributed by atoms with Gasteiger partial charge in [0.25, 0.3) is 5.91 Å².